The molecule has 13 nitrogen and oxygen atoms in total. The molecule has 1 aliphatic carbocycles. The van der Waals surface area contributed by atoms with Gasteiger partial charge in [-0.25, -0.2) is 14.2 Å². The van der Waals surface area contributed by atoms with Crippen LogP contribution in [-0.2, 0) is 27.5 Å². The Labute approximate surface area is 413 Å². The second-order valence-electron chi connectivity index (χ2n) is 21.5. The summed E-state index contributed by atoms with van der Waals surface area (Å²) in [7, 11) is -2.03. The Bertz CT molecular complexity index is 2940. The molecule has 374 valence electrons. The van der Waals surface area contributed by atoms with Gasteiger partial charge < -0.3 is 38.0 Å². The first-order valence-electron chi connectivity index (χ1n) is 24.9. The molecule has 1 aliphatic heterocycles. The summed E-state index contributed by atoms with van der Waals surface area (Å²) in [4.78, 5) is 31.8. The Morgan fingerprint density at radius 2 is 1.71 bits per heavy atom. The number of halogens is 1. The molecule has 0 amide bonds. The van der Waals surface area contributed by atoms with Crippen LogP contribution >= 0.6 is 0 Å². The predicted molar refractivity (Wildman–Crippen MR) is 282 cm³/mol. The van der Waals surface area contributed by atoms with Gasteiger partial charge in [-0.1, -0.05) is 73.2 Å². The molecule has 6 aromatic rings. The van der Waals surface area contributed by atoms with Crippen molar-refractivity contribution in [3.63, 3.8) is 0 Å². The van der Waals surface area contributed by atoms with Gasteiger partial charge in [-0.05, 0) is 83.7 Å². The van der Waals surface area contributed by atoms with Crippen molar-refractivity contribution in [3.8, 4) is 34.5 Å². The molecule has 1 N–H and O–H groups in total. The average molecular weight is 991 g/mol. The third kappa shape index (κ3) is 11.0. The highest BCUT2D eigenvalue weighted by atomic mass is 28.3. The number of morpholine rings is 1. The van der Waals surface area contributed by atoms with Crippen LogP contribution in [0.25, 0.3) is 44.0 Å². The highest BCUT2D eigenvalue weighted by molar-refractivity contribution is 6.90. The molecule has 16 heteroatoms. The van der Waals surface area contributed by atoms with Crippen molar-refractivity contribution in [2.24, 2.45) is 5.41 Å². The van der Waals surface area contributed by atoms with Crippen LogP contribution in [0.2, 0.25) is 42.3 Å². The van der Waals surface area contributed by atoms with E-state index < -0.39 is 27.6 Å². The number of nitrogens with zero attached hydrogens (tertiary/aromatic N) is 5. The van der Waals surface area contributed by atoms with Gasteiger partial charge in [0.05, 0.1) is 30.9 Å². The summed E-state index contributed by atoms with van der Waals surface area (Å²) >= 11 is 0. The van der Waals surface area contributed by atoms with E-state index in [0.29, 0.717) is 76.3 Å². The van der Waals surface area contributed by atoms with E-state index in [0.717, 1.165) is 68.3 Å². The number of anilines is 1. The normalized spacial score (nSPS) is 15.4. The van der Waals surface area contributed by atoms with Gasteiger partial charge in [0.2, 0.25) is 0 Å². The molecular weight excluding hydrogens is 920 g/mol. The van der Waals surface area contributed by atoms with Crippen LogP contribution in [0, 0.1) is 29.6 Å². The summed E-state index contributed by atoms with van der Waals surface area (Å²) in [6.07, 6.45) is 5.87. The van der Waals surface area contributed by atoms with Crippen LogP contribution in [0.3, 0.4) is 0 Å². The third-order valence-corrected chi connectivity index (χ3v) is 22.4. The predicted octanol–water partition coefficient (Wildman–Crippen LogP) is 11.2. The van der Waals surface area contributed by atoms with Crippen LogP contribution in [0.5, 0.6) is 11.8 Å². The lowest BCUT2D eigenvalue weighted by molar-refractivity contribution is 0.0231. The second kappa shape index (κ2) is 21.3. The van der Waals surface area contributed by atoms with E-state index in [1.54, 1.807) is 25.4 Å². The monoisotopic (exact) mass is 990 g/mol. The highest BCUT2D eigenvalue weighted by Gasteiger charge is 2.45. The van der Waals surface area contributed by atoms with Crippen LogP contribution in [0.15, 0.2) is 58.0 Å². The molecule has 4 aromatic heterocycles. The molecule has 5 heterocycles. The fraction of sp³-hybridized carbons (Fsp3) is 0.519. The van der Waals surface area contributed by atoms with E-state index >= 15 is 4.39 Å². The quantitative estimate of drug-likeness (QED) is 0.0338. The van der Waals surface area contributed by atoms with Gasteiger partial charge in [-0.2, -0.15) is 9.97 Å². The fourth-order valence-electron chi connectivity index (χ4n) is 10.3. The first kappa shape index (κ1) is 51.2. The lowest BCUT2D eigenvalue weighted by atomic mass is 9.95. The van der Waals surface area contributed by atoms with Gasteiger partial charge in [0.25, 0.3) is 0 Å². The summed E-state index contributed by atoms with van der Waals surface area (Å²) in [5.74, 6) is 3.88. The molecule has 2 aromatic carbocycles. The number of pyridine rings is 1. The smallest absolute Gasteiger partial charge is 0.349 e. The molecule has 2 fully saturated rings. The Kier molecular flexibility index (Phi) is 15.6. The molecule has 1 saturated heterocycles. The highest BCUT2D eigenvalue weighted by Crippen LogP contribution is 2.47. The lowest BCUT2D eigenvalue weighted by Crippen LogP contribution is -2.43. The molecule has 0 radical (unpaired) electrons. The van der Waals surface area contributed by atoms with Crippen LogP contribution < -0.4 is 20.4 Å². The fourth-order valence-corrected chi connectivity index (χ4v) is 16.3. The molecule has 2 aliphatic rings. The standard InChI is InChI=1S/C54H71FN6O7Si2/c1-35(2)70(36(3)4,37(5)6)25-16-43-45(55)15-14-39-27-41(67-34-63-8)28-44(46(39)43)49-38(7)48-47(52(62)68-49)50(59-53(58-48)66-32-54(17-18-54)31-60-20-22-64-23-21-60)57-29-40-30-61(33-65-24-26-69(9,10)11)51-42(40)13-12-19-56-51/h12-15,19,27-28,30,35-37H,17-18,20-24,26,29,31-34H2,1-11H3,(H,57,58,59). The number of hydrogen-bond acceptors (Lipinski definition) is 12. The van der Waals surface area contributed by atoms with Crippen molar-refractivity contribution in [2.75, 3.05) is 65.3 Å². The van der Waals surface area contributed by atoms with Crippen LogP contribution in [0.1, 0.15) is 71.1 Å². The van der Waals surface area contributed by atoms with Crippen LogP contribution in [-0.4, -0.2) is 101 Å². The molecule has 0 unspecified atom stereocenters. The van der Waals surface area contributed by atoms with E-state index in [4.69, 9.17) is 43.1 Å². The number of methoxy groups -OCH3 is 1. The average Bonchev–Trinajstić information content (AvgIpc) is 4.00. The zero-order valence-electron chi connectivity index (χ0n) is 43.0. The van der Waals surface area contributed by atoms with Crippen LogP contribution in [0.4, 0.5) is 10.2 Å². The van der Waals surface area contributed by atoms with E-state index in [9.17, 15) is 4.79 Å². The van der Waals surface area contributed by atoms with E-state index in [2.05, 4.69) is 82.9 Å². The van der Waals surface area contributed by atoms with Crippen molar-refractivity contribution in [1.82, 2.24) is 24.4 Å². The van der Waals surface area contributed by atoms with Gasteiger partial charge in [-0.15, -0.1) is 5.54 Å². The Morgan fingerprint density at radius 1 is 0.971 bits per heavy atom. The summed E-state index contributed by atoms with van der Waals surface area (Å²) in [5, 5.41) is 5.79. The maximum absolute atomic E-state index is 16.5. The number of aryl methyl sites for hydroxylation is 1. The van der Waals surface area contributed by atoms with Crippen molar-refractivity contribution in [3.05, 3.63) is 81.7 Å². The minimum absolute atomic E-state index is 0.0267. The van der Waals surface area contributed by atoms with Crippen molar-refractivity contribution in [1.29, 1.82) is 0 Å². The topological polar surface area (TPSA) is 135 Å². The van der Waals surface area contributed by atoms with E-state index in [1.165, 1.54) is 6.07 Å². The van der Waals surface area contributed by atoms with Crippen molar-refractivity contribution in [2.45, 2.75) is 117 Å². The first-order chi connectivity index (χ1) is 33.4. The Balaban J connectivity index is 1.26. The van der Waals surface area contributed by atoms with Gasteiger partial charge in [0.15, 0.2) is 6.79 Å². The van der Waals surface area contributed by atoms with Gasteiger partial charge in [0, 0.05) is 87.7 Å². The minimum Gasteiger partial charge on any atom is -0.468 e. The molecule has 0 spiro atoms. The SMILES string of the molecule is COCOc1cc(-c2oc(=O)c3c(NCc4cn(COCC[Si](C)(C)C)c5ncccc45)nc(OCC4(CN5CCOCC5)CC4)nc3c2C)c2c(C#C[Si](C(C)C)(C(C)C)C(C)C)c(F)ccc2c1. The number of nitrogens with one attached hydrogen (secondary N) is 1. The summed E-state index contributed by atoms with van der Waals surface area (Å²) in [6.45, 7) is 28.1. The maximum Gasteiger partial charge on any atom is 0.349 e. The third-order valence-electron chi connectivity index (χ3n) is 14.4. The largest absolute Gasteiger partial charge is 0.468 e. The summed E-state index contributed by atoms with van der Waals surface area (Å²) in [5.41, 5.74) is 7.34. The number of ether oxygens (including phenoxy) is 5. The van der Waals surface area contributed by atoms with Gasteiger partial charge in [0.1, 0.15) is 49.0 Å². The number of rotatable bonds is 20. The molecule has 8 rings (SSSR count). The van der Waals surface area contributed by atoms with Crippen molar-refractivity contribution >= 4 is 54.7 Å². The lowest BCUT2D eigenvalue weighted by Gasteiger charge is -2.38. The molecular formula is C54H71FN6O7Si2. The number of benzene rings is 2. The van der Waals surface area contributed by atoms with Gasteiger partial charge >= 0.3 is 11.6 Å². The summed E-state index contributed by atoms with van der Waals surface area (Å²) < 4.78 is 54.6. The van der Waals surface area contributed by atoms with Crippen molar-refractivity contribution < 1.29 is 32.5 Å². The molecule has 0 bridgehead atoms. The molecule has 70 heavy (non-hydrogen) atoms. The number of fused-ring (bicyclic) bond motifs is 3. The number of hydrogen-bond donors (Lipinski definition) is 1. The number of aromatic nitrogens is 4. The zero-order chi connectivity index (χ0) is 50.0. The van der Waals surface area contributed by atoms with E-state index in [-0.39, 0.29) is 40.7 Å². The molecule has 0 atom stereocenters. The van der Waals surface area contributed by atoms with E-state index in [1.807, 2.05) is 35.9 Å². The summed E-state index contributed by atoms with van der Waals surface area (Å²) in [6, 6.07) is 11.9. The zero-order valence-corrected chi connectivity index (χ0v) is 45.0. The second-order valence-corrected chi connectivity index (χ2v) is 32.7. The molecule has 1 saturated carbocycles. The Morgan fingerprint density at radius 3 is 2.40 bits per heavy atom. The first-order valence-corrected chi connectivity index (χ1v) is 30.8. The Hall–Kier alpha value is -5.16. The van der Waals surface area contributed by atoms with Gasteiger partial charge in [-0.3, -0.25) is 4.90 Å². The minimum atomic E-state index is -2.30. The maximum atomic E-state index is 16.5.